The van der Waals surface area contributed by atoms with Gasteiger partial charge >= 0.3 is 12.0 Å². The molecule has 1 aromatic rings. The van der Waals surface area contributed by atoms with E-state index in [1.807, 2.05) is 0 Å². The molecule has 0 aliphatic heterocycles. The third kappa shape index (κ3) is 4.72. The van der Waals surface area contributed by atoms with E-state index in [9.17, 15) is 9.59 Å². The minimum absolute atomic E-state index is 0.00245. The number of nitrogens with one attached hydrogen (secondary N) is 2. The number of urea groups is 1. The van der Waals surface area contributed by atoms with Crippen molar-refractivity contribution in [2.45, 2.75) is 18.9 Å². The molecule has 0 aromatic heterocycles. The fraction of sp³-hybridized carbons (Fsp3) is 0.286. The van der Waals surface area contributed by atoms with Gasteiger partial charge in [-0.25, -0.2) is 4.79 Å². The number of carbonyl (C=O) groups is 2. The highest BCUT2D eigenvalue weighted by Crippen LogP contribution is 2.14. The number of aliphatic carboxylic acids is 1. The summed E-state index contributed by atoms with van der Waals surface area (Å²) in [7, 11) is 0. The van der Waals surface area contributed by atoms with Gasteiger partial charge in [0.25, 0.3) is 0 Å². The Morgan fingerprint density at radius 2 is 2.00 bits per heavy atom. The van der Waals surface area contributed by atoms with Crippen LogP contribution in [0.5, 0.6) is 0 Å². The van der Waals surface area contributed by atoms with Gasteiger partial charge in [-0.05, 0) is 12.5 Å². The highest BCUT2D eigenvalue weighted by atomic mass is 16.4. The number of benzene rings is 1. The second-order valence-corrected chi connectivity index (χ2v) is 4.04. The molecule has 0 fully saturated rings. The molecule has 19 heavy (non-hydrogen) atoms. The van der Waals surface area contributed by atoms with Gasteiger partial charge in [0.15, 0.2) is 0 Å². The molecule has 5 nitrogen and oxygen atoms in total. The van der Waals surface area contributed by atoms with Crippen LogP contribution in [-0.2, 0) is 4.79 Å². The van der Waals surface area contributed by atoms with E-state index in [1.54, 1.807) is 37.3 Å². The molecule has 0 spiro atoms. The maximum absolute atomic E-state index is 11.5. The van der Waals surface area contributed by atoms with Crippen molar-refractivity contribution >= 4 is 12.0 Å². The minimum atomic E-state index is -0.989. The number of rotatable bonds is 5. The van der Waals surface area contributed by atoms with Crippen molar-refractivity contribution in [3.63, 3.8) is 0 Å². The Balaban J connectivity index is 2.60. The zero-order chi connectivity index (χ0) is 14.3. The predicted octanol–water partition coefficient (Wildman–Crippen LogP) is 1.18. The molecule has 0 saturated carbocycles. The van der Waals surface area contributed by atoms with Crippen LogP contribution in [0, 0.1) is 12.3 Å². The van der Waals surface area contributed by atoms with E-state index in [0.717, 1.165) is 0 Å². The van der Waals surface area contributed by atoms with Crippen LogP contribution >= 0.6 is 0 Å². The van der Waals surface area contributed by atoms with E-state index < -0.39 is 24.0 Å². The summed E-state index contributed by atoms with van der Waals surface area (Å²) < 4.78 is 0. The molecule has 0 bridgehead atoms. The van der Waals surface area contributed by atoms with E-state index in [1.165, 1.54) is 0 Å². The average molecular weight is 260 g/mol. The molecule has 0 radical (unpaired) electrons. The first kappa shape index (κ1) is 14.6. The van der Waals surface area contributed by atoms with Crippen LogP contribution in [0.4, 0.5) is 4.79 Å². The maximum atomic E-state index is 11.5. The summed E-state index contributed by atoms with van der Waals surface area (Å²) in [6.07, 6.45) is 5.13. The number of amides is 2. The molecule has 2 atom stereocenters. The van der Waals surface area contributed by atoms with Gasteiger partial charge < -0.3 is 15.7 Å². The molecule has 2 unspecified atom stereocenters. The van der Waals surface area contributed by atoms with E-state index >= 15 is 0 Å². The van der Waals surface area contributed by atoms with Gasteiger partial charge in [0, 0.05) is 6.54 Å². The number of carbonyl (C=O) groups excluding carboxylic acids is 1. The largest absolute Gasteiger partial charge is 0.481 e. The second kappa shape index (κ2) is 7.07. The Hall–Kier alpha value is -2.48. The number of carboxylic acids is 1. The maximum Gasteiger partial charge on any atom is 0.315 e. The first-order valence-corrected chi connectivity index (χ1v) is 5.83. The standard InChI is InChI=1S/C14H16N2O3/c1-3-10(2)16-14(19)15-9-12(13(17)18)11-7-5-4-6-8-11/h1,4-8,10,12H,9H2,2H3,(H,17,18)(H2,15,16,19). The first-order chi connectivity index (χ1) is 9.04. The van der Waals surface area contributed by atoms with Crippen molar-refractivity contribution in [1.29, 1.82) is 0 Å². The number of hydrogen-bond acceptors (Lipinski definition) is 2. The topological polar surface area (TPSA) is 78.4 Å². The zero-order valence-electron chi connectivity index (χ0n) is 10.6. The van der Waals surface area contributed by atoms with Crippen LogP contribution in [0.2, 0.25) is 0 Å². The van der Waals surface area contributed by atoms with E-state index in [0.29, 0.717) is 5.56 Å². The quantitative estimate of drug-likeness (QED) is 0.695. The second-order valence-electron chi connectivity index (χ2n) is 4.04. The molecule has 0 aliphatic rings. The van der Waals surface area contributed by atoms with Crippen molar-refractivity contribution in [3.8, 4) is 12.3 Å². The van der Waals surface area contributed by atoms with Crippen LogP contribution < -0.4 is 10.6 Å². The Morgan fingerprint density at radius 3 is 2.53 bits per heavy atom. The molecule has 1 rings (SSSR count). The lowest BCUT2D eigenvalue weighted by Gasteiger charge is -2.15. The third-order valence-electron chi connectivity index (χ3n) is 2.56. The predicted molar refractivity (Wildman–Crippen MR) is 71.6 cm³/mol. The SMILES string of the molecule is C#CC(C)NC(=O)NCC(C(=O)O)c1ccccc1. The van der Waals surface area contributed by atoms with Gasteiger partial charge in [-0.2, -0.15) is 0 Å². The molecule has 0 heterocycles. The van der Waals surface area contributed by atoms with E-state index in [4.69, 9.17) is 11.5 Å². The normalized spacial score (nSPS) is 12.8. The van der Waals surface area contributed by atoms with Gasteiger partial charge in [-0.15, -0.1) is 6.42 Å². The lowest BCUT2D eigenvalue weighted by Crippen LogP contribution is -2.42. The summed E-state index contributed by atoms with van der Waals surface area (Å²) >= 11 is 0. The molecule has 1 aromatic carbocycles. The van der Waals surface area contributed by atoms with Crippen molar-refractivity contribution < 1.29 is 14.7 Å². The molecule has 0 saturated heterocycles. The average Bonchev–Trinajstić information content (AvgIpc) is 2.39. The Bertz CT molecular complexity index is 479. The first-order valence-electron chi connectivity index (χ1n) is 5.83. The lowest BCUT2D eigenvalue weighted by atomic mass is 9.99. The fourth-order valence-corrected chi connectivity index (χ4v) is 1.52. The Labute approximate surface area is 112 Å². The Kier molecular flexibility index (Phi) is 5.42. The lowest BCUT2D eigenvalue weighted by molar-refractivity contribution is -0.138. The van der Waals surface area contributed by atoms with Crippen LogP contribution in [0.3, 0.4) is 0 Å². The number of terminal acetylenes is 1. The molecular weight excluding hydrogens is 244 g/mol. The highest BCUT2D eigenvalue weighted by molar-refractivity contribution is 5.79. The van der Waals surface area contributed by atoms with Crippen molar-refractivity contribution in [3.05, 3.63) is 35.9 Å². The summed E-state index contributed by atoms with van der Waals surface area (Å²) in [5, 5.41) is 14.2. The molecule has 100 valence electrons. The van der Waals surface area contributed by atoms with Gasteiger partial charge in [0.2, 0.25) is 0 Å². The Morgan fingerprint density at radius 1 is 1.37 bits per heavy atom. The van der Waals surface area contributed by atoms with Crippen molar-refractivity contribution in [1.82, 2.24) is 10.6 Å². The smallest absolute Gasteiger partial charge is 0.315 e. The summed E-state index contributed by atoms with van der Waals surface area (Å²) in [4.78, 5) is 22.6. The monoisotopic (exact) mass is 260 g/mol. The van der Waals surface area contributed by atoms with Crippen LogP contribution in [0.15, 0.2) is 30.3 Å². The third-order valence-corrected chi connectivity index (χ3v) is 2.56. The van der Waals surface area contributed by atoms with Crippen molar-refractivity contribution in [2.24, 2.45) is 0 Å². The summed E-state index contributed by atoms with van der Waals surface area (Å²) in [5.41, 5.74) is 0.639. The number of hydrogen-bond donors (Lipinski definition) is 3. The van der Waals surface area contributed by atoms with Gasteiger partial charge in [0.1, 0.15) is 0 Å². The van der Waals surface area contributed by atoms with Crippen LogP contribution in [-0.4, -0.2) is 29.7 Å². The molecule has 3 N–H and O–H groups in total. The van der Waals surface area contributed by atoms with Crippen molar-refractivity contribution in [2.75, 3.05) is 6.54 Å². The fourth-order valence-electron chi connectivity index (χ4n) is 1.52. The van der Waals surface area contributed by atoms with Gasteiger partial charge in [0.05, 0.1) is 12.0 Å². The zero-order valence-corrected chi connectivity index (χ0v) is 10.6. The number of carboxylic acid groups (broad SMARTS) is 1. The summed E-state index contributed by atoms with van der Waals surface area (Å²) in [6, 6.07) is 7.85. The summed E-state index contributed by atoms with van der Waals surface area (Å²) in [6.45, 7) is 1.66. The van der Waals surface area contributed by atoms with Gasteiger partial charge in [-0.3, -0.25) is 4.79 Å². The molecule has 5 heteroatoms. The van der Waals surface area contributed by atoms with E-state index in [2.05, 4.69) is 16.6 Å². The summed E-state index contributed by atoms with van der Waals surface area (Å²) in [5.74, 6) is 0.576. The molecule has 0 aliphatic carbocycles. The van der Waals surface area contributed by atoms with Gasteiger partial charge in [-0.1, -0.05) is 36.3 Å². The molecule has 2 amide bonds. The van der Waals surface area contributed by atoms with Crippen LogP contribution in [0.25, 0.3) is 0 Å². The van der Waals surface area contributed by atoms with Crippen LogP contribution in [0.1, 0.15) is 18.4 Å². The molecular formula is C14H16N2O3. The van der Waals surface area contributed by atoms with E-state index in [-0.39, 0.29) is 6.54 Å². The highest BCUT2D eigenvalue weighted by Gasteiger charge is 2.20. The minimum Gasteiger partial charge on any atom is -0.481 e.